The minimum absolute atomic E-state index is 0.214. The van der Waals surface area contributed by atoms with E-state index in [2.05, 4.69) is 44.2 Å². The molecule has 1 saturated carbocycles. The van der Waals surface area contributed by atoms with E-state index in [0.29, 0.717) is 24.0 Å². The van der Waals surface area contributed by atoms with Gasteiger partial charge in [-0.3, -0.25) is 0 Å². The largest absolute Gasteiger partial charge is 0.377 e. The van der Waals surface area contributed by atoms with Crippen molar-refractivity contribution >= 4 is 0 Å². The summed E-state index contributed by atoms with van der Waals surface area (Å²) in [5.41, 5.74) is 1.25. The summed E-state index contributed by atoms with van der Waals surface area (Å²) in [7, 11) is 0. The van der Waals surface area contributed by atoms with Crippen molar-refractivity contribution in [3.05, 3.63) is 17.5 Å². The summed E-state index contributed by atoms with van der Waals surface area (Å²) >= 11 is 0. The number of rotatable bonds is 4. The molecular weight excluding hydrogens is 252 g/mol. The molecule has 112 valence electrons. The summed E-state index contributed by atoms with van der Waals surface area (Å²) in [6.07, 6.45) is 2.89. The number of hydrogen-bond acceptors (Lipinski definition) is 4. The topological polar surface area (TPSA) is 47.3 Å². The van der Waals surface area contributed by atoms with Crippen LogP contribution in [0.5, 0.6) is 0 Å². The van der Waals surface area contributed by atoms with Crippen LogP contribution in [0.25, 0.3) is 0 Å². The van der Waals surface area contributed by atoms with Gasteiger partial charge in [-0.2, -0.15) is 0 Å². The minimum Gasteiger partial charge on any atom is -0.377 e. The van der Waals surface area contributed by atoms with Gasteiger partial charge >= 0.3 is 0 Å². The SMILES string of the molecule is CC(C)c1cc(CN[C@@H]2[C@@H]3CCCO[C@@H]3C2(C)C)on1. The zero-order valence-electron chi connectivity index (χ0n) is 13.0. The third-order valence-corrected chi connectivity index (χ3v) is 5.00. The van der Waals surface area contributed by atoms with E-state index in [1.807, 2.05) is 0 Å². The lowest BCUT2D eigenvalue weighted by atomic mass is 9.55. The van der Waals surface area contributed by atoms with E-state index in [1.54, 1.807) is 0 Å². The molecule has 2 fully saturated rings. The molecule has 0 spiro atoms. The lowest BCUT2D eigenvalue weighted by Crippen LogP contribution is -2.69. The number of nitrogens with zero attached hydrogens (tertiary/aromatic N) is 1. The Labute approximate surface area is 121 Å². The first-order valence-corrected chi connectivity index (χ1v) is 7.80. The fraction of sp³-hybridized carbons (Fsp3) is 0.812. The quantitative estimate of drug-likeness (QED) is 0.919. The van der Waals surface area contributed by atoms with Crippen LogP contribution in [0, 0.1) is 11.3 Å². The predicted octanol–water partition coefficient (Wildman–Crippen LogP) is 3.09. The molecule has 3 rings (SSSR count). The van der Waals surface area contributed by atoms with Crippen LogP contribution >= 0.6 is 0 Å². The van der Waals surface area contributed by atoms with Crippen LogP contribution < -0.4 is 5.32 Å². The highest BCUT2D eigenvalue weighted by Gasteiger charge is 2.57. The summed E-state index contributed by atoms with van der Waals surface area (Å²) in [5.74, 6) is 2.01. The Kier molecular flexibility index (Phi) is 3.63. The van der Waals surface area contributed by atoms with E-state index in [1.165, 1.54) is 12.8 Å². The van der Waals surface area contributed by atoms with Crippen LogP contribution in [-0.4, -0.2) is 23.9 Å². The Hall–Kier alpha value is -0.870. The monoisotopic (exact) mass is 278 g/mol. The van der Waals surface area contributed by atoms with Crippen molar-refractivity contribution in [2.45, 2.75) is 65.1 Å². The molecule has 1 N–H and O–H groups in total. The van der Waals surface area contributed by atoms with Crippen LogP contribution in [0.1, 0.15) is 57.9 Å². The smallest absolute Gasteiger partial charge is 0.150 e. The Morgan fingerprint density at radius 2 is 2.25 bits per heavy atom. The van der Waals surface area contributed by atoms with Crippen LogP contribution in [0.4, 0.5) is 0 Å². The van der Waals surface area contributed by atoms with Gasteiger partial charge in [-0.15, -0.1) is 0 Å². The number of fused-ring (bicyclic) bond motifs is 1. The van der Waals surface area contributed by atoms with E-state index >= 15 is 0 Å². The predicted molar refractivity (Wildman–Crippen MR) is 77.5 cm³/mol. The standard InChI is InChI=1S/C16H26N2O2/c1-10(2)13-8-11(20-18-13)9-17-14-12-6-5-7-19-15(12)16(14,3)4/h8,10,12,14-15,17H,5-7,9H2,1-4H3/t12-,14+,15-/m0/s1. The third kappa shape index (κ3) is 2.29. The van der Waals surface area contributed by atoms with E-state index in [4.69, 9.17) is 9.26 Å². The van der Waals surface area contributed by atoms with Crippen LogP contribution in [0.2, 0.25) is 0 Å². The molecule has 1 aromatic rings. The molecule has 4 heteroatoms. The van der Waals surface area contributed by atoms with Crippen molar-refractivity contribution in [2.75, 3.05) is 6.61 Å². The third-order valence-electron chi connectivity index (χ3n) is 5.00. The number of aromatic nitrogens is 1. The van der Waals surface area contributed by atoms with Gasteiger partial charge < -0.3 is 14.6 Å². The first-order chi connectivity index (χ1) is 9.50. The maximum absolute atomic E-state index is 5.93. The van der Waals surface area contributed by atoms with Gasteiger partial charge in [0.25, 0.3) is 0 Å². The number of nitrogens with one attached hydrogen (secondary N) is 1. The first-order valence-electron chi connectivity index (χ1n) is 7.80. The fourth-order valence-electron chi connectivity index (χ4n) is 3.83. The second-order valence-corrected chi connectivity index (χ2v) is 7.15. The van der Waals surface area contributed by atoms with Gasteiger partial charge in [-0.25, -0.2) is 0 Å². The van der Waals surface area contributed by atoms with Crippen molar-refractivity contribution in [1.29, 1.82) is 0 Å². The van der Waals surface area contributed by atoms with E-state index in [0.717, 1.165) is 24.6 Å². The molecular formula is C16H26N2O2. The van der Waals surface area contributed by atoms with E-state index in [-0.39, 0.29) is 5.41 Å². The zero-order valence-corrected chi connectivity index (χ0v) is 13.0. The van der Waals surface area contributed by atoms with Crippen molar-refractivity contribution < 1.29 is 9.26 Å². The molecule has 0 unspecified atom stereocenters. The minimum atomic E-state index is 0.214. The molecule has 1 aromatic heterocycles. The second kappa shape index (κ2) is 5.15. The van der Waals surface area contributed by atoms with Gasteiger partial charge in [0.05, 0.1) is 18.3 Å². The maximum Gasteiger partial charge on any atom is 0.150 e. The van der Waals surface area contributed by atoms with Crippen molar-refractivity contribution in [3.63, 3.8) is 0 Å². The normalized spacial score (nSPS) is 31.9. The van der Waals surface area contributed by atoms with Crippen molar-refractivity contribution in [2.24, 2.45) is 11.3 Å². The highest BCUT2D eigenvalue weighted by molar-refractivity contribution is 5.12. The van der Waals surface area contributed by atoms with Crippen molar-refractivity contribution in [3.8, 4) is 0 Å². The van der Waals surface area contributed by atoms with Gasteiger partial charge in [0.15, 0.2) is 5.76 Å². The Morgan fingerprint density at radius 3 is 2.95 bits per heavy atom. The summed E-state index contributed by atoms with van der Waals surface area (Å²) in [6, 6.07) is 2.58. The Bertz CT molecular complexity index is 467. The molecule has 2 heterocycles. The number of ether oxygens (including phenoxy) is 1. The molecule has 0 aromatic carbocycles. The van der Waals surface area contributed by atoms with Gasteiger partial charge in [-0.1, -0.05) is 32.9 Å². The first kappa shape index (κ1) is 14.1. The lowest BCUT2D eigenvalue weighted by Gasteiger charge is -2.60. The highest BCUT2D eigenvalue weighted by atomic mass is 16.5. The zero-order chi connectivity index (χ0) is 14.3. The average Bonchev–Trinajstić information content (AvgIpc) is 2.88. The van der Waals surface area contributed by atoms with Crippen LogP contribution in [0.3, 0.4) is 0 Å². The van der Waals surface area contributed by atoms with Gasteiger partial charge in [0.2, 0.25) is 0 Å². The molecule has 1 aliphatic carbocycles. The van der Waals surface area contributed by atoms with Crippen molar-refractivity contribution in [1.82, 2.24) is 10.5 Å². The van der Waals surface area contributed by atoms with Gasteiger partial charge in [0, 0.05) is 30.0 Å². The lowest BCUT2D eigenvalue weighted by molar-refractivity contribution is -0.193. The van der Waals surface area contributed by atoms with Crippen LogP contribution in [0.15, 0.2) is 10.6 Å². The Balaban J connectivity index is 1.60. The van der Waals surface area contributed by atoms with E-state index < -0.39 is 0 Å². The molecule has 1 aliphatic heterocycles. The summed E-state index contributed by atoms with van der Waals surface area (Å²) in [4.78, 5) is 0. The van der Waals surface area contributed by atoms with Crippen LogP contribution in [-0.2, 0) is 11.3 Å². The van der Waals surface area contributed by atoms with E-state index in [9.17, 15) is 0 Å². The summed E-state index contributed by atoms with van der Waals surface area (Å²) < 4.78 is 11.3. The molecule has 0 radical (unpaired) electrons. The van der Waals surface area contributed by atoms with Gasteiger partial charge in [0.1, 0.15) is 0 Å². The molecule has 2 aliphatic rings. The maximum atomic E-state index is 5.93. The summed E-state index contributed by atoms with van der Waals surface area (Å²) in [5, 5.41) is 7.78. The molecule has 0 amide bonds. The second-order valence-electron chi connectivity index (χ2n) is 7.15. The number of hydrogen-bond donors (Lipinski definition) is 1. The fourth-order valence-corrected chi connectivity index (χ4v) is 3.83. The Morgan fingerprint density at radius 1 is 1.45 bits per heavy atom. The van der Waals surface area contributed by atoms with Gasteiger partial charge in [-0.05, 0) is 18.8 Å². The average molecular weight is 278 g/mol. The molecule has 3 atom stereocenters. The molecule has 0 bridgehead atoms. The molecule has 1 saturated heterocycles. The summed E-state index contributed by atoms with van der Waals surface area (Å²) in [6.45, 7) is 10.6. The highest BCUT2D eigenvalue weighted by Crippen LogP contribution is 2.51. The molecule has 20 heavy (non-hydrogen) atoms. The molecule has 4 nitrogen and oxygen atoms in total.